The SMILES string of the molecule is Cc1c(C)c2c(c(CCC(=O)O)c1O)CC[C@@](C)(CCC[C@H](C)CCC[C@H](C)CCCC(C)C)O2. The number of carbonyl (C=O) groups is 1. The quantitative estimate of drug-likeness (QED) is 0.259. The molecule has 0 aromatic heterocycles. The van der Waals surface area contributed by atoms with Gasteiger partial charge in [0.2, 0.25) is 0 Å². The van der Waals surface area contributed by atoms with E-state index in [1.54, 1.807) is 0 Å². The van der Waals surface area contributed by atoms with Crippen LogP contribution >= 0.6 is 0 Å². The fourth-order valence-electron chi connectivity index (χ4n) is 5.65. The molecule has 0 amide bonds. The van der Waals surface area contributed by atoms with E-state index in [2.05, 4.69) is 34.6 Å². The molecule has 2 rings (SSSR count). The molecule has 0 saturated heterocycles. The van der Waals surface area contributed by atoms with Crippen molar-refractivity contribution in [2.24, 2.45) is 17.8 Å². The number of fused-ring (bicyclic) bond motifs is 1. The van der Waals surface area contributed by atoms with E-state index in [-0.39, 0.29) is 17.8 Å². The first kappa shape index (κ1) is 29.5. The summed E-state index contributed by atoms with van der Waals surface area (Å²) >= 11 is 0. The van der Waals surface area contributed by atoms with Crippen molar-refractivity contribution in [2.75, 3.05) is 0 Å². The monoisotopic (exact) mass is 488 g/mol. The summed E-state index contributed by atoms with van der Waals surface area (Å²) in [4.78, 5) is 11.1. The first-order chi connectivity index (χ1) is 16.4. The van der Waals surface area contributed by atoms with Crippen LogP contribution in [0.25, 0.3) is 0 Å². The van der Waals surface area contributed by atoms with Crippen LogP contribution in [0.5, 0.6) is 11.5 Å². The highest BCUT2D eigenvalue weighted by Gasteiger charge is 2.35. The Kier molecular flexibility index (Phi) is 11.4. The van der Waals surface area contributed by atoms with Crippen LogP contribution in [-0.4, -0.2) is 21.8 Å². The number of phenolic OH excluding ortho intramolecular Hbond substituents is 1. The van der Waals surface area contributed by atoms with Gasteiger partial charge in [0, 0.05) is 17.5 Å². The van der Waals surface area contributed by atoms with Gasteiger partial charge >= 0.3 is 5.97 Å². The summed E-state index contributed by atoms with van der Waals surface area (Å²) in [5, 5.41) is 19.8. The maximum absolute atomic E-state index is 11.1. The van der Waals surface area contributed by atoms with Crippen LogP contribution in [0, 0.1) is 31.6 Å². The van der Waals surface area contributed by atoms with Crippen LogP contribution < -0.4 is 4.74 Å². The molecule has 4 heteroatoms. The Hall–Kier alpha value is -1.71. The Morgan fingerprint density at radius 1 is 0.943 bits per heavy atom. The number of aromatic hydroxyl groups is 1. The third kappa shape index (κ3) is 9.03. The van der Waals surface area contributed by atoms with Crippen molar-refractivity contribution in [3.63, 3.8) is 0 Å². The van der Waals surface area contributed by atoms with Crippen molar-refractivity contribution in [1.29, 1.82) is 0 Å². The number of carboxylic acid groups (broad SMARTS) is 1. The first-order valence-electron chi connectivity index (χ1n) is 14.2. The maximum Gasteiger partial charge on any atom is 0.303 e. The Balaban J connectivity index is 1.85. The number of carboxylic acids is 1. The molecule has 1 aliphatic rings. The van der Waals surface area contributed by atoms with E-state index in [0.717, 1.165) is 65.0 Å². The number of rotatable bonds is 15. The summed E-state index contributed by atoms with van der Waals surface area (Å²) in [6, 6.07) is 0. The lowest BCUT2D eigenvalue weighted by atomic mass is 9.83. The van der Waals surface area contributed by atoms with Gasteiger partial charge in [0.1, 0.15) is 17.1 Å². The molecular formula is C31H52O4. The molecule has 2 N–H and O–H groups in total. The number of hydrogen-bond acceptors (Lipinski definition) is 3. The van der Waals surface area contributed by atoms with Gasteiger partial charge < -0.3 is 14.9 Å². The fraction of sp³-hybridized carbons (Fsp3) is 0.774. The summed E-state index contributed by atoms with van der Waals surface area (Å²) in [6.07, 6.45) is 13.7. The predicted octanol–water partition coefficient (Wildman–Crippen LogP) is 8.55. The summed E-state index contributed by atoms with van der Waals surface area (Å²) in [7, 11) is 0. The van der Waals surface area contributed by atoms with Crippen molar-refractivity contribution in [3.8, 4) is 11.5 Å². The minimum absolute atomic E-state index is 0.0222. The number of hydrogen-bond donors (Lipinski definition) is 2. The highest BCUT2D eigenvalue weighted by Crippen LogP contribution is 2.45. The van der Waals surface area contributed by atoms with E-state index < -0.39 is 5.97 Å². The number of phenols is 1. The van der Waals surface area contributed by atoms with Crippen LogP contribution in [0.1, 0.15) is 128 Å². The molecule has 0 unspecified atom stereocenters. The van der Waals surface area contributed by atoms with E-state index in [1.807, 2.05) is 13.8 Å². The van der Waals surface area contributed by atoms with E-state index in [4.69, 9.17) is 9.84 Å². The molecule has 4 nitrogen and oxygen atoms in total. The van der Waals surface area contributed by atoms with Gasteiger partial charge in [0.25, 0.3) is 0 Å². The Labute approximate surface area is 214 Å². The molecule has 0 radical (unpaired) electrons. The second-order valence-electron chi connectivity index (χ2n) is 12.2. The largest absolute Gasteiger partial charge is 0.507 e. The molecule has 0 saturated carbocycles. The van der Waals surface area contributed by atoms with Gasteiger partial charge in [-0.2, -0.15) is 0 Å². The molecule has 0 fully saturated rings. The summed E-state index contributed by atoms with van der Waals surface area (Å²) in [6.45, 7) is 15.6. The smallest absolute Gasteiger partial charge is 0.303 e. The summed E-state index contributed by atoms with van der Waals surface area (Å²) in [5.74, 6) is 2.71. The lowest BCUT2D eigenvalue weighted by Gasteiger charge is -2.38. The van der Waals surface area contributed by atoms with Gasteiger partial charge in [-0.05, 0) is 81.8 Å². The third-order valence-electron chi connectivity index (χ3n) is 8.30. The van der Waals surface area contributed by atoms with Crippen molar-refractivity contribution in [3.05, 3.63) is 22.3 Å². The van der Waals surface area contributed by atoms with Crippen LogP contribution in [0.2, 0.25) is 0 Å². The van der Waals surface area contributed by atoms with Crippen LogP contribution in [0.3, 0.4) is 0 Å². The standard InChI is InChI=1S/C31H52O4/c1-21(2)11-8-12-22(3)13-9-14-23(4)15-10-19-31(7)20-18-27-26(16-17-28(32)33)29(34)24(5)25(6)30(27)35-31/h21-23,34H,8-20H2,1-7H3,(H,32,33)/t22-,23-,31-/m1/s1. The lowest BCUT2D eigenvalue weighted by molar-refractivity contribution is -0.136. The normalized spacial score (nSPS) is 19.3. The predicted molar refractivity (Wildman–Crippen MR) is 146 cm³/mol. The van der Waals surface area contributed by atoms with Gasteiger partial charge in [-0.15, -0.1) is 0 Å². The summed E-state index contributed by atoms with van der Waals surface area (Å²) in [5.41, 5.74) is 3.37. The van der Waals surface area contributed by atoms with Crippen molar-refractivity contribution in [2.45, 2.75) is 138 Å². The molecule has 1 aromatic rings. The van der Waals surface area contributed by atoms with E-state index >= 15 is 0 Å². The minimum Gasteiger partial charge on any atom is -0.507 e. The second-order valence-corrected chi connectivity index (χ2v) is 12.2. The molecule has 3 atom stereocenters. The van der Waals surface area contributed by atoms with Crippen LogP contribution in [-0.2, 0) is 17.6 Å². The molecule has 200 valence electrons. The van der Waals surface area contributed by atoms with Gasteiger partial charge in [-0.25, -0.2) is 0 Å². The zero-order chi connectivity index (χ0) is 26.2. The average Bonchev–Trinajstić information content (AvgIpc) is 2.77. The van der Waals surface area contributed by atoms with Crippen molar-refractivity contribution >= 4 is 5.97 Å². The fourth-order valence-corrected chi connectivity index (χ4v) is 5.65. The number of aliphatic carboxylic acids is 1. The molecule has 0 spiro atoms. The molecule has 1 heterocycles. The van der Waals surface area contributed by atoms with Gasteiger partial charge in [0.05, 0.1) is 0 Å². The average molecular weight is 489 g/mol. The lowest BCUT2D eigenvalue weighted by Crippen LogP contribution is -2.37. The molecule has 1 aromatic carbocycles. The van der Waals surface area contributed by atoms with Gasteiger partial charge in [-0.1, -0.05) is 72.6 Å². The minimum atomic E-state index is -0.840. The van der Waals surface area contributed by atoms with E-state index in [1.165, 1.54) is 51.4 Å². The summed E-state index contributed by atoms with van der Waals surface area (Å²) < 4.78 is 6.62. The first-order valence-corrected chi connectivity index (χ1v) is 14.2. The van der Waals surface area contributed by atoms with Gasteiger partial charge in [0.15, 0.2) is 0 Å². The second kappa shape index (κ2) is 13.6. The van der Waals surface area contributed by atoms with Crippen molar-refractivity contribution in [1.82, 2.24) is 0 Å². The highest BCUT2D eigenvalue weighted by molar-refractivity contribution is 5.68. The number of benzene rings is 1. The maximum atomic E-state index is 11.1. The molecule has 0 aliphatic carbocycles. The Morgan fingerprint density at radius 3 is 2.09 bits per heavy atom. The number of ether oxygens (including phenoxy) is 1. The molecule has 35 heavy (non-hydrogen) atoms. The topological polar surface area (TPSA) is 66.8 Å². The zero-order valence-corrected chi connectivity index (χ0v) is 23.6. The van der Waals surface area contributed by atoms with Crippen LogP contribution in [0.4, 0.5) is 0 Å². The molecular weight excluding hydrogens is 436 g/mol. The van der Waals surface area contributed by atoms with E-state index in [0.29, 0.717) is 6.42 Å². The molecule has 1 aliphatic heterocycles. The molecule has 0 bridgehead atoms. The van der Waals surface area contributed by atoms with Gasteiger partial charge in [-0.3, -0.25) is 4.79 Å². The Bertz CT molecular complexity index is 828. The van der Waals surface area contributed by atoms with Crippen LogP contribution in [0.15, 0.2) is 0 Å². The third-order valence-corrected chi connectivity index (χ3v) is 8.30. The highest BCUT2D eigenvalue weighted by atomic mass is 16.5. The Morgan fingerprint density at radius 2 is 1.51 bits per heavy atom. The van der Waals surface area contributed by atoms with Crippen molar-refractivity contribution < 1.29 is 19.7 Å². The zero-order valence-electron chi connectivity index (χ0n) is 23.6. The van der Waals surface area contributed by atoms with E-state index in [9.17, 15) is 9.90 Å².